The van der Waals surface area contributed by atoms with Crippen molar-refractivity contribution in [3.05, 3.63) is 150 Å². The second-order valence-corrected chi connectivity index (χ2v) is 15.5. The number of para-hydroxylation sites is 3. The number of anilines is 5. The quantitative estimate of drug-likeness (QED) is 0.0403. The van der Waals surface area contributed by atoms with Crippen LogP contribution in [0.25, 0.3) is 0 Å². The molecule has 0 aliphatic rings. The van der Waals surface area contributed by atoms with E-state index in [9.17, 15) is 0 Å². The minimum atomic E-state index is -0.469. The second kappa shape index (κ2) is 20.8. The highest BCUT2D eigenvalue weighted by Gasteiger charge is 2.25. The standard InChI is InChI=1S/C48H62N8/c1-35(2)17-15-20-39-27-31-43(32-28-39)55(44-33-29-40(30-34-44)21-16-18-36(3)4)56(45-26-14-13-19-37(45)5)48(50)54-47(49)53-46(52-42-24-11-8-12-25-42)38(6)51-41-22-9-7-10-23-41/h7-14,19,22-36,38,46,51-52H,15-18,20-21H2,1-6H3,(H4,49,50,53,54). The Bertz CT molecular complexity index is 1900. The summed E-state index contributed by atoms with van der Waals surface area (Å²) in [6.45, 7) is 13.3. The molecule has 0 radical (unpaired) electrons. The minimum Gasteiger partial charge on any atom is -0.379 e. The Labute approximate surface area is 335 Å². The fourth-order valence-electron chi connectivity index (χ4n) is 6.74. The maximum atomic E-state index is 7.11. The van der Waals surface area contributed by atoms with Crippen molar-refractivity contribution in [3.8, 4) is 0 Å². The van der Waals surface area contributed by atoms with E-state index < -0.39 is 6.17 Å². The smallest absolute Gasteiger partial charge is 0.223 e. The molecule has 0 aromatic heterocycles. The zero-order valence-corrected chi connectivity index (χ0v) is 34.2. The monoisotopic (exact) mass is 751 g/mol. The summed E-state index contributed by atoms with van der Waals surface area (Å²) in [7, 11) is 0. The highest BCUT2D eigenvalue weighted by atomic mass is 15.7. The summed E-state index contributed by atoms with van der Waals surface area (Å²) in [4.78, 5) is 9.75. The number of hydrazine groups is 1. The van der Waals surface area contributed by atoms with Crippen LogP contribution in [0.5, 0.6) is 0 Å². The highest BCUT2D eigenvalue weighted by Crippen LogP contribution is 2.33. The van der Waals surface area contributed by atoms with Gasteiger partial charge < -0.3 is 22.1 Å². The van der Waals surface area contributed by atoms with Gasteiger partial charge in [-0.3, -0.25) is 0 Å². The van der Waals surface area contributed by atoms with E-state index in [-0.39, 0.29) is 18.0 Å². The number of nitrogens with two attached hydrogens (primary N) is 2. The van der Waals surface area contributed by atoms with Gasteiger partial charge in [-0.25, -0.2) is 15.0 Å². The summed E-state index contributed by atoms with van der Waals surface area (Å²) in [6, 6.07) is 45.7. The summed E-state index contributed by atoms with van der Waals surface area (Å²) < 4.78 is 0. The zero-order valence-electron chi connectivity index (χ0n) is 34.2. The van der Waals surface area contributed by atoms with Crippen molar-refractivity contribution < 1.29 is 0 Å². The van der Waals surface area contributed by atoms with Crippen molar-refractivity contribution >= 4 is 40.4 Å². The molecule has 294 valence electrons. The molecule has 5 rings (SSSR count). The lowest BCUT2D eigenvalue weighted by atomic mass is 10.0. The molecule has 0 heterocycles. The zero-order chi connectivity index (χ0) is 39.9. The third-order valence-electron chi connectivity index (χ3n) is 9.85. The van der Waals surface area contributed by atoms with Gasteiger partial charge in [0.2, 0.25) is 11.9 Å². The molecular weight excluding hydrogens is 689 g/mol. The molecule has 8 heteroatoms. The summed E-state index contributed by atoms with van der Waals surface area (Å²) in [6.07, 6.45) is 6.34. The summed E-state index contributed by atoms with van der Waals surface area (Å²) >= 11 is 0. The summed E-state index contributed by atoms with van der Waals surface area (Å²) in [5.41, 5.74) is 22.2. The van der Waals surface area contributed by atoms with Crippen LogP contribution < -0.4 is 32.1 Å². The fraction of sp³-hybridized carbons (Fsp3) is 0.333. The molecule has 0 aliphatic carbocycles. The lowest BCUT2D eigenvalue weighted by molar-refractivity contribution is 0.556. The number of nitrogens with zero attached hydrogens (tertiary/aromatic N) is 4. The van der Waals surface area contributed by atoms with E-state index in [1.807, 2.05) is 77.8 Å². The first-order chi connectivity index (χ1) is 27.1. The molecule has 2 atom stereocenters. The van der Waals surface area contributed by atoms with E-state index in [1.165, 1.54) is 24.0 Å². The lowest BCUT2D eigenvalue weighted by Crippen LogP contribution is -2.49. The second-order valence-electron chi connectivity index (χ2n) is 15.5. The molecule has 0 aliphatic heterocycles. The van der Waals surface area contributed by atoms with Crippen molar-refractivity contribution in [2.75, 3.05) is 20.7 Å². The van der Waals surface area contributed by atoms with Gasteiger partial charge in [-0.05, 0) is 123 Å². The van der Waals surface area contributed by atoms with Crippen LogP contribution in [-0.4, -0.2) is 24.1 Å². The number of hydrogen-bond donors (Lipinski definition) is 4. The highest BCUT2D eigenvalue weighted by molar-refractivity contribution is 6.05. The number of nitrogens with one attached hydrogen (secondary N) is 2. The predicted molar refractivity (Wildman–Crippen MR) is 241 cm³/mol. The van der Waals surface area contributed by atoms with Gasteiger partial charge in [0.15, 0.2) is 0 Å². The number of benzene rings is 5. The van der Waals surface area contributed by atoms with Gasteiger partial charge >= 0.3 is 0 Å². The van der Waals surface area contributed by atoms with Crippen molar-refractivity contribution in [2.45, 2.75) is 92.3 Å². The molecule has 0 amide bonds. The van der Waals surface area contributed by atoms with Crippen LogP contribution in [0.15, 0.2) is 143 Å². The molecule has 0 saturated heterocycles. The molecular formula is C48H62N8. The molecule has 0 bridgehead atoms. The first-order valence-electron chi connectivity index (χ1n) is 20.2. The van der Waals surface area contributed by atoms with Crippen LogP contribution in [0.2, 0.25) is 0 Å². The Morgan fingerprint density at radius 3 is 1.54 bits per heavy atom. The van der Waals surface area contributed by atoms with E-state index in [2.05, 4.69) is 118 Å². The predicted octanol–water partition coefficient (Wildman–Crippen LogP) is 11.1. The van der Waals surface area contributed by atoms with Crippen LogP contribution in [0.1, 0.15) is 77.0 Å². The van der Waals surface area contributed by atoms with Crippen molar-refractivity contribution in [1.82, 2.24) is 0 Å². The molecule has 5 aromatic carbocycles. The van der Waals surface area contributed by atoms with E-state index in [1.54, 1.807) is 0 Å². The number of rotatable bonds is 18. The minimum absolute atomic E-state index is 0.0529. The van der Waals surface area contributed by atoms with Crippen molar-refractivity contribution in [2.24, 2.45) is 33.3 Å². The number of guanidine groups is 2. The topological polar surface area (TPSA) is 107 Å². The molecule has 0 fully saturated rings. The molecule has 0 saturated carbocycles. The molecule has 2 unspecified atom stereocenters. The van der Waals surface area contributed by atoms with Crippen LogP contribution in [-0.2, 0) is 12.8 Å². The third-order valence-corrected chi connectivity index (χ3v) is 9.85. The van der Waals surface area contributed by atoms with Crippen LogP contribution in [0.4, 0.5) is 28.4 Å². The molecule has 56 heavy (non-hydrogen) atoms. The average molecular weight is 751 g/mol. The molecule has 0 spiro atoms. The number of aryl methyl sites for hydroxylation is 3. The first kappa shape index (κ1) is 41.4. The SMILES string of the molecule is Cc1ccccc1N(C(N)=NC(N)=NC(Nc1ccccc1)C(C)Nc1ccccc1)N(c1ccc(CCCC(C)C)cc1)c1ccc(CCCC(C)C)cc1. The van der Waals surface area contributed by atoms with E-state index in [0.29, 0.717) is 11.8 Å². The van der Waals surface area contributed by atoms with E-state index >= 15 is 0 Å². The van der Waals surface area contributed by atoms with Gasteiger partial charge in [0, 0.05) is 11.4 Å². The summed E-state index contributed by atoms with van der Waals surface area (Å²) in [5.74, 6) is 1.61. The van der Waals surface area contributed by atoms with Crippen LogP contribution >= 0.6 is 0 Å². The van der Waals surface area contributed by atoms with Gasteiger partial charge in [-0.1, -0.05) is 119 Å². The van der Waals surface area contributed by atoms with Crippen molar-refractivity contribution in [1.29, 1.82) is 0 Å². The normalized spacial score (nSPS) is 13.1. The number of hydrogen-bond acceptors (Lipinski definition) is 4. The Morgan fingerprint density at radius 1 is 0.589 bits per heavy atom. The van der Waals surface area contributed by atoms with Gasteiger partial charge in [-0.2, -0.15) is 4.99 Å². The molecule has 5 aromatic rings. The van der Waals surface area contributed by atoms with Gasteiger partial charge in [0.05, 0.1) is 23.1 Å². The van der Waals surface area contributed by atoms with Gasteiger partial charge in [0.25, 0.3) is 0 Å². The largest absolute Gasteiger partial charge is 0.379 e. The van der Waals surface area contributed by atoms with Crippen LogP contribution in [0, 0.1) is 18.8 Å². The Kier molecular flexibility index (Phi) is 15.4. The Morgan fingerprint density at radius 2 is 1.05 bits per heavy atom. The Balaban J connectivity index is 1.56. The van der Waals surface area contributed by atoms with E-state index in [4.69, 9.17) is 21.5 Å². The number of aliphatic imine (C=N–C) groups is 2. The maximum Gasteiger partial charge on any atom is 0.223 e. The first-order valence-corrected chi connectivity index (χ1v) is 20.2. The van der Waals surface area contributed by atoms with Gasteiger partial charge in [-0.15, -0.1) is 0 Å². The molecule has 6 N–H and O–H groups in total. The summed E-state index contributed by atoms with van der Waals surface area (Å²) in [5, 5.41) is 11.2. The van der Waals surface area contributed by atoms with Crippen molar-refractivity contribution in [3.63, 3.8) is 0 Å². The Hall–Kier alpha value is -5.76. The van der Waals surface area contributed by atoms with Crippen LogP contribution in [0.3, 0.4) is 0 Å². The third kappa shape index (κ3) is 12.4. The van der Waals surface area contributed by atoms with E-state index in [0.717, 1.165) is 59.7 Å². The average Bonchev–Trinajstić information content (AvgIpc) is 3.18. The maximum absolute atomic E-state index is 7.11. The fourth-order valence-corrected chi connectivity index (χ4v) is 6.74. The lowest BCUT2D eigenvalue weighted by Gasteiger charge is -2.38. The van der Waals surface area contributed by atoms with Gasteiger partial charge in [0.1, 0.15) is 6.17 Å². The molecule has 8 nitrogen and oxygen atoms in total.